The first-order chi connectivity index (χ1) is 11.2. The zero-order chi connectivity index (χ0) is 16.2. The fraction of sp³-hybridized carbons (Fsp3) is 0.625. The molecule has 0 saturated carbocycles. The van der Waals surface area contributed by atoms with Crippen LogP contribution in [0.25, 0.3) is 0 Å². The second-order valence-electron chi connectivity index (χ2n) is 6.23. The van der Waals surface area contributed by atoms with Crippen LogP contribution >= 0.6 is 11.6 Å². The number of carbonyl (C=O) groups excluding carboxylic acids is 1. The van der Waals surface area contributed by atoms with Crippen molar-refractivity contribution in [1.29, 1.82) is 0 Å². The van der Waals surface area contributed by atoms with Gasteiger partial charge in [-0.15, -0.1) is 0 Å². The number of aliphatic hydroxyl groups is 1. The number of aromatic nitrogens is 1. The van der Waals surface area contributed by atoms with Crippen LogP contribution in [0.3, 0.4) is 0 Å². The minimum atomic E-state index is -0.123. The van der Waals surface area contributed by atoms with Crippen LogP contribution in [0, 0.1) is 0 Å². The molecule has 0 radical (unpaired) electrons. The Morgan fingerprint density at radius 2 is 2.13 bits per heavy atom. The number of urea groups is 1. The van der Waals surface area contributed by atoms with Crippen molar-refractivity contribution in [2.45, 2.75) is 37.8 Å². The first-order valence-corrected chi connectivity index (χ1v) is 8.60. The van der Waals surface area contributed by atoms with Crippen LogP contribution in [0.1, 0.15) is 25.7 Å². The van der Waals surface area contributed by atoms with Gasteiger partial charge in [-0.25, -0.2) is 9.78 Å². The molecule has 126 valence electrons. The highest BCUT2D eigenvalue weighted by Gasteiger charge is 2.33. The molecule has 23 heavy (non-hydrogen) atoms. The molecule has 2 amide bonds. The van der Waals surface area contributed by atoms with Gasteiger partial charge in [0.15, 0.2) is 5.15 Å². The third-order valence-corrected chi connectivity index (χ3v) is 5.09. The second kappa shape index (κ2) is 7.47. The molecule has 1 aromatic heterocycles. The van der Waals surface area contributed by atoms with Crippen LogP contribution in [-0.2, 0) is 0 Å². The average Bonchev–Trinajstić information content (AvgIpc) is 3.19. The monoisotopic (exact) mass is 338 g/mol. The molecule has 0 aromatic carbocycles. The number of halogens is 1. The predicted molar refractivity (Wildman–Crippen MR) is 89.7 cm³/mol. The van der Waals surface area contributed by atoms with Gasteiger partial charge in [0, 0.05) is 31.4 Å². The van der Waals surface area contributed by atoms with Gasteiger partial charge >= 0.3 is 6.03 Å². The van der Waals surface area contributed by atoms with Crippen molar-refractivity contribution in [3.63, 3.8) is 0 Å². The maximum absolute atomic E-state index is 12.6. The van der Waals surface area contributed by atoms with E-state index in [9.17, 15) is 9.90 Å². The topological polar surface area (TPSA) is 68.7 Å². The summed E-state index contributed by atoms with van der Waals surface area (Å²) in [5.74, 6) is 0. The Balaban J connectivity index is 1.62. The smallest absolute Gasteiger partial charge is 0.322 e. The predicted octanol–water partition coefficient (Wildman–Crippen LogP) is 2.19. The zero-order valence-electron chi connectivity index (χ0n) is 13.1. The number of rotatable bonds is 4. The molecule has 7 heteroatoms. The molecule has 0 aliphatic carbocycles. The van der Waals surface area contributed by atoms with Crippen molar-refractivity contribution in [3.05, 3.63) is 23.5 Å². The molecule has 0 spiro atoms. The number of carbonyl (C=O) groups is 1. The van der Waals surface area contributed by atoms with Crippen molar-refractivity contribution in [1.82, 2.24) is 14.8 Å². The Hall–Kier alpha value is -1.37. The Morgan fingerprint density at radius 3 is 2.91 bits per heavy atom. The van der Waals surface area contributed by atoms with E-state index in [0.717, 1.165) is 45.3 Å². The summed E-state index contributed by atoms with van der Waals surface area (Å²) in [6.07, 6.45) is 5.77. The minimum Gasteiger partial charge on any atom is -0.395 e. The average molecular weight is 339 g/mol. The van der Waals surface area contributed by atoms with Gasteiger partial charge in [0.1, 0.15) is 0 Å². The summed E-state index contributed by atoms with van der Waals surface area (Å²) in [5, 5.41) is 12.6. The third kappa shape index (κ3) is 3.76. The number of likely N-dealkylation sites (tertiary alicyclic amines) is 2. The van der Waals surface area contributed by atoms with Crippen LogP contribution in [0.2, 0.25) is 5.15 Å². The minimum absolute atomic E-state index is 0.123. The van der Waals surface area contributed by atoms with E-state index in [1.807, 2.05) is 4.90 Å². The second-order valence-corrected chi connectivity index (χ2v) is 6.59. The Kier molecular flexibility index (Phi) is 5.35. The van der Waals surface area contributed by atoms with Gasteiger partial charge in [-0.2, -0.15) is 0 Å². The SMILES string of the molecule is O=C(Nc1cccnc1Cl)N1CCCC1CN1CCCC1CO. The quantitative estimate of drug-likeness (QED) is 0.826. The number of hydrogen-bond donors (Lipinski definition) is 2. The highest BCUT2D eigenvalue weighted by molar-refractivity contribution is 6.32. The van der Waals surface area contributed by atoms with Gasteiger partial charge in [-0.1, -0.05) is 11.6 Å². The number of hydrogen-bond acceptors (Lipinski definition) is 4. The molecule has 2 aliphatic rings. The molecule has 2 aliphatic heterocycles. The van der Waals surface area contributed by atoms with E-state index >= 15 is 0 Å². The lowest BCUT2D eigenvalue weighted by Crippen LogP contribution is -2.46. The Bertz CT molecular complexity index is 557. The molecule has 1 aromatic rings. The molecule has 3 rings (SSSR count). The zero-order valence-corrected chi connectivity index (χ0v) is 13.9. The molecule has 3 heterocycles. The van der Waals surface area contributed by atoms with Crippen molar-refractivity contribution in [2.75, 3.05) is 31.6 Å². The molecular weight excluding hydrogens is 316 g/mol. The molecule has 2 N–H and O–H groups in total. The van der Waals surface area contributed by atoms with Gasteiger partial charge in [0.25, 0.3) is 0 Å². The fourth-order valence-electron chi connectivity index (χ4n) is 3.57. The fourth-order valence-corrected chi connectivity index (χ4v) is 3.74. The van der Waals surface area contributed by atoms with Crippen LogP contribution in [0.4, 0.5) is 10.5 Å². The number of pyridine rings is 1. The molecule has 2 atom stereocenters. The highest BCUT2D eigenvalue weighted by atomic mass is 35.5. The lowest BCUT2D eigenvalue weighted by molar-refractivity contribution is 0.130. The Morgan fingerprint density at radius 1 is 1.35 bits per heavy atom. The van der Waals surface area contributed by atoms with Crippen LogP contribution in [0.5, 0.6) is 0 Å². The largest absolute Gasteiger partial charge is 0.395 e. The van der Waals surface area contributed by atoms with E-state index in [1.165, 1.54) is 0 Å². The summed E-state index contributed by atoms with van der Waals surface area (Å²) < 4.78 is 0. The lowest BCUT2D eigenvalue weighted by atomic mass is 10.2. The molecule has 2 unspecified atom stereocenters. The molecule has 2 fully saturated rings. The van der Waals surface area contributed by atoms with E-state index in [1.54, 1.807) is 18.3 Å². The highest BCUT2D eigenvalue weighted by Crippen LogP contribution is 2.25. The van der Waals surface area contributed by atoms with E-state index in [0.29, 0.717) is 10.8 Å². The molecule has 2 saturated heterocycles. The van der Waals surface area contributed by atoms with Gasteiger partial charge in [0.05, 0.1) is 12.3 Å². The van der Waals surface area contributed by atoms with Crippen molar-refractivity contribution < 1.29 is 9.90 Å². The number of anilines is 1. The first-order valence-electron chi connectivity index (χ1n) is 8.22. The molecular formula is C16H23ClN4O2. The summed E-state index contributed by atoms with van der Waals surface area (Å²) >= 11 is 6.01. The first kappa shape index (κ1) is 16.5. The number of nitrogens with one attached hydrogen (secondary N) is 1. The van der Waals surface area contributed by atoms with E-state index in [2.05, 4.69) is 15.2 Å². The third-order valence-electron chi connectivity index (χ3n) is 4.79. The summed E-state index contributed by atoms with van der Waals surface area (Å²) in [7, 11) is 0. The standard InChI is InChI=1S/C16H23ClN4O2/c17-15-14(6-1-7-18-15)19-16(23)21-9-3-4-12(21)10-20-8-2-5-13(20)11-22/h1,6-7,12-13,22H,2-5,8-11H2,(H,19,23). The van der Waals surface area contributed by atoms with Crippen molar-refractivity contribution >= 4 is 23.3 Å². The van der Waals surface area contributed by atoms with Crippen LogP contribution in [0.15, 0.2) is 18.3 Å². The van der Waals surface area contributed by atoms with Crippen molar-refractivity contribution in [2.24, 2.45) is 0 Å². The van der Waals surface area contributed by atoms with Gasteiger partial charge in [0.2, 0.25) is 0 Å². The van der Waals surface area contributed by atoms with Crippen molar-refractivity contribution in [3.8, 4) is 0 Å². The van der Waals surface area contributed by atoms with Gasteiger partial charge in [-0.05, 0) is 44.4 Å². The summed E-state index contributed by atoms with van der Waals surface area (Å²) in [5.41, 5.74) is 0.541. The number of amides is 2. The summed E-state index contributed by atoms with van der Waals surface area (Å²) in [6.45, 7) is 2.79. The number of nitrogens with zero attached hydrogens (tertiary/aromatic N) is 3. The molecule has 0 bridgehead atoms. The number of aliphatic hydroxyl groups excluding tert-OH is 1. The molecule has 6 nitrogen and oxygen atoms in total. The van der Waals surface area contributed by atoms with Crippen LogP contribution in [-0.4, -0.2) is 64.2 Å². The maximum Gasteiger partial charge on any atom is 0.322 e. The van der Waals surface area contributed by atoms with Gasteiger partial charge in [-0.3, -0.25) is 4.90 Å². The normalized spacial score (nSPS) is 25.0. The maximum atomic E-state index is 12.6. The Labute approximate surface area is 141 Å². The van der Waals surface area contributed by atoms with Gasteiger partial charge < -0.3 is 15.3 Å². The van der Waals surface area contributed by atoms with E-state index in [-0.39, 0.29) is 24.7 Å². The summed E-state index contributed by atoms with van der Waals surface area (Å²) in [4.78, 5) is 20.7. The van der Waals surface area contributed by atoms with E-state index < -0.39 is 0 Å². The van der Waals surface area contributed by atoms with Crippen LogP contribution < -0.4 is 5.32 Å². The lowest BCUT2D eigenvalue weighted by Gasteiger charge is -2.31. The summed E-state index contributed by atoms with van der Waals surface area (Å²) in [6, 6.07) is 3.81. The van der Waals surface area contributed by atoms with E-state index in [4.69, 9.17) is 11.6 Å².